The van der Waals surface area contributed by atoms with E-state index in [2.05, 4.69) is 10.6 Å². The first kappa shape index (κ1) is 22.7. The second-order valence-electron chi connectivity index (χ2n) is 7.86. The summed E-state index contributed by atoms with van der Waals surface area (Å²) in [5.74, 6) is 0.948. The predicted molar refractivity (Wildman–Crippen MR) is 114 cm³/mol. The zero-order chi connectivity index (χ0) is 21.3. The van der Waals surface area contributed by atoms with Crippen LogP contribution in [0, 0.1) is 0 Å². The highest BCUT2D eigenvalue weighted by atomic mass is 16.5. The molecule has 6 nitrogen and oxygen atoms in total. The fourth-order valence-corrected chi connectivity index (χ4v) is 2.79. The Morgan fingerprint density at radius 2 is 1.79 bits per heavy atom. The van der Waals surface area contributed by atoms with Gasteiger partial charge in [-0.2, -0.15) is 0 Å². The first-order chi connectivity index (χ1) is 13.8. The maximum Gasteiger partial charge on any atom is 0.258 e. The van der Waals surface area contributed by atoms with E-state index in [-0.39, 0.29) is 18.1 Å². The van der Waals surface area contributed by atoms with E-state index < -0.39 is 6.10 Å². The molecule has 1 atom stereocenters. The summed E-state index contributed by atoms with van der Waals surface area (Å²) in [6, 6.07) is 15.2. The summed E-state index contributed by atoms with van der Waals surface area (Å²) in [7, 11) is 0. The molecule has 0 spiro atoms. The summed E-state index contributed by atoms with van der Waals surface area (Å²) in [6.07, 6.45) is -0.563. The van der Waals surface area contributed by atoms with Crippen LogP contribution < -0.4 is 20.1 Å². The Bertz CT molecular complexity index is 772. The highest BCUT2D eigenvalue weighted by molar-refractivity contribution is 5.78. The van der Waals surface area contributed by atoms with Gasteiger partial charge in [0.1, 0.15) is 0 Å². The second-order valence-corrected chi connectivity index (χ2v) is 7.86. The van der Waals surface area contributed by atoms with Gasteiger partial charge in [0.15, 0.2) is 18.1 Å². The van der Waals surface area contributed by atoms with E-state index in [0.29, 0.717) is 31.2 Å². The largest absolute Gasteiger partial charge is 0.490 e. The molecule has 0 unspecified atom stereocenters. The molecule has 0 saturated carbocycles. The van der Waals surface area contributed by atoms with E-state index in [1.807, 2.05) is 70.2 Å². The van der Waals surface area contributed by atoms with E-state index in [4.69, 9.17) is 9.47 Å². The van der Waals surface area contributed by atoms with Gasteiger partial charge in [-0.3, -0.25) is 4.79 Å². The van der Waals surface area contributed by atoms with E-state index >= 15 is 0 Å². The van der Waals surface area contributed by atoms with Crippen LogP contribution in [-0.2, 0) is 11.3 Å². The molecule has 0 aliphatic carbocycles. The van der Waals surface area contributed by atoms with Gasteiger partial charge in [-0.1, -0.05) is 36.4 Å². The Balaban J connectivity index is 1.91. The molecule has 29 heavy (non-hydrogen) atoms. The van der Waals surface area contributed by atoms with Crippen LogP contribution in [0.15, 0.2) is 48.5 Å². The zero-order valence-corrected chi connectivity index (χ0v) is 17.7. The summed E-state index contributed by atoms with van der Waals surface area (Å²) < 4.78 is 11.3. The van der Waals surface area contributed by atoms with E-state index in [1.165, 1.54) is 0 Å². The Kier molecular flexibility index (Phi) is 8.49. The maximum atomic E-state index is 12.0. The van der Waals surface area contributed by atoms with Crippen LogP contribution in [0.25, 0.3) is 0 Å². The average molecular weight is 401 g/mol. The van der Waals surface area contributed by atoms with Gasteiger partial charge in [0.25, 0.3) is 5.91 Å². The molecule has 0 radical (unpaired) electrons. The van der Waals surface area contributed by atoms with Crippen molar-refractivity contribution < 1.29 is 19.4 Å². The van der Waals surface area contributed by atoms with Gasteiger partial charge in [-0.15, -0.1) is 0 Å². The van der Waals surface area contributed by atoms with Gasteiger partial charge >= 0.3 is 0 Å². The fourth-order valence-electron chi connectivity index (χ4n) is 2.79. The topological polar surface area (TPSA) is 79.8 Å². The Labute approximate surface area is 173 Å². The number of hydrogen-bond acceptors (Lipinski definition) is 5. The van der Waals surface area contributed by atoms with Crippen molar-refractivity contribution in [2.45, 2.75) is 45.9 Å². The smallest absolute Gasteiger partial charge is 0.258 e. The average Bonchev–Trinajstić information content (AvgIpc) is 2.67. The first-order valence-corrected chi connectivity index (χ1v) is 9.91. The van der Waals surface area contributed by atoms with Crippen molar-refractivity contribution in [2.75, 3.05) is 19.8 Å². The minimum Gasteiger partial charge on any atom is -0.490 e. The van der Waals surface area contributed by atoms with Crippen molar-refractivity contribution >= 4 is 5.91 Å². The third-order valence-corrected chi connectivity index (χ3v) is 4.03. The van der Waals surface area contributed by atoms with Crippen molar-refractivity contribution in [3.8, 4) is 11.5 Å². The van der Waals surface area contributed by atoms with Crippen molar-refractivity contribution in [2.24, 2.45) is 0 Å². The van der Waals surface area contributed by atoms with Crippen LogP contribution in [0.2, 0.25) is 0 Å². The Hall–Kier alpha value is -2.57. The maximum absolute atomic E-state index is 12.0. The lowest BCUT2D eigenvalue weighted by Gasteiger charge is -2.21. The number of carbonyl (C=O) groups is 1. The van der Waals surface area contributed by atoms with Gasteiger partial charge in [0, 0.05) is 18.6 Å². The Morgan fingerprint density at radius 1 is 1.07 bits per heavy atom. The number of aliphatic hydroxyl groups is 1. The van der Waals surface area contributed by atoms with Crippen LogP contribution in [0.1, 0.15) is 44.9 Å². The van der Waals surface area contributed by atoms with Gasteiger partial charge in [-0.05, 0) is 51.0 Å². The molecule has 6 heteroatoms. The standard InChI is InChI=1S/C23H32N2O4/c1-5-28-21-13-17(14-24-15-19(26)18-9-7-6-8-10-18)11-12-20(21)29-16-22(27)25-23(2,3)4/h6-13,19,24,26H,5,14-16H2,1-4H3,(H,25,27)/t19-/m1/s1. The number of nitrogens with one attached hydrogen (secondary N) is 2. The summed E-state index contributed by atoms with van der Waals surface area (Å²) in [5.41, 5.74) is 1.58. The molecule has 1 amide bonds. The van der Waals surface area contributed by atoms with Crippen molar-refractivity contribution in [3.05, 3.63) is 59.7 Å². The normalized spacial score (nSPS) is 12.3. The molecule has 2 aromatic rings. The van der Waals surface area contributed by atoms with E-state index in [0.717, 1.165) is 11.1 Å². The molecular weight excluding hydrogens is 368 g/mol. The minimum absolute atomic E-state index is 0.0712. The lowest BCUT2D eigenvalue weighted by atomic mass is 10.1. The number of amides is 1. The lowest BCUT2D eigenvalue weighted by Crippen LogP contribution is -2.43. The van der Waals surface area contributed by atoms with Gasteiger partial charge < -0.3 is 25.2 Å². The molecule has 3 N–H and O–H groups in total. The fraction of sp³-hybridized carbons (Fsp3) is 0.435. The first-order valence-electron chi connectivity index (χ1n) is 9.91. The second kappa shape index (κ2) is 10.8. The van der Waals surface area contributed by atoms with E-state index in [9.17, 15) is 9.90 Å². The summed E-state index contributed by atoms with van der Waals surface area (Å²) in [6.45, 7) is 9.12. The minimum atomic E-state index is -0.563. The molecule has 2 rings (SSSR count). The lowest BCUT2D eigenvalue weighted by molar-refractivity contribution is -0.124. The Morgan fingerprint density at radius 3 is 2.45 bits per heavy atom. The van der Waals surface area contributed by atoms with Crippen LogP contribution in [-0.4, -0.2) is 36.3 Å². The number of aliphatic hydroxyl groups excluding tert-OH is 1. The third kappa shape index (κ3) is 8.13. The zero-order valence-electron chi connectivity index (χ0n) is 17.7. The quantitative estimate of drug-likeness (QED) is 0.571. The van der Waals surface area contributed by atoms with Crippen molar-refractivity contribution in [1.82, 2.24) is 10.6 Å². The molecule has 0 aromatic heterocycles. The molecular formula is C23H32N2O4. The SMILES string of the molecule is CCOc1cc(CNC[C@@H](O)c2ccccc2)ccc1OCC(=O)NC(C)(C)C. The molecule has 0 bridgehead atoms. The van der Waals surface area contributed by atoms with Crippen LogP contribution in [0.5, 0.6) is 11.5 Å². The summed E-state index contributed by atoms with van der Waals surface area (Å²) in [5, 5.41) is 16.4. The van der Waals surface area contributed by atoms with E-state index in [1.54, 1.807) is 6.07 Å². The molecule has 0 heterocycles. The number of carbonyl (C=O) groups excluding carboxylic acids is 1. The highest BCUT2D eigenvalue weighted by Gasteiger charge is 2.15. The number of rotatable bonds is 10. The number of benzene rings is 2. The number of hydrogen-bond donors (Lipinski definition) is 3. The van der Waals surface area contributed by atoms with Crippen molar-refractivity contribution in [3.63, 3.8) is 0 Å². The number of ether oxygens (including phenoxy) is 2. The van der Waals surface area contributed by atoms with Crippen LogP contribution >= 0.6 is 0 Å². The molecule has 0 saturated heterocycles. The van der Waals surface area contributed by atoms with Gasteiger partial charge in [0.2, 0.25) is 0 Å². The molecule has 158 valence electrons. The van der Waals surface area contributed by atoms with Crippen molar-refractivity contribution in [1.29, 1.82) is 0 Å². The molecule has 0 fully saturated rings. The van der Waals surface area contributed by atoms with Gasteiger partial charge in [-0.25, -0.2) is 0 Å². The highest BCUT2D eigenvalue weighted by Crippen LogP contribution is 2.28. The summed E-state index contributed by atoms with van der Waals surface area (Å²) in [4.78, 5) is 12.0. The molecule has 2 aromatic carbocycles. The van der Waals surface area contributed by atoms with Gasteiger partial charge in [0.05, 0.1) is 12.7 Å². The van der Waals surface area contributed by atoms with Crippen LogP contribution in [0.3, 0.4) is 0 Å². The molecule has 0 aliphatic heterocycles. The van der Waals surface area contributed by atoms with Crippen LogP contribution in [0.4, 0.5) is 0 Å². The predicted octanol–water partition coefficient (Wildman–Crippen LogP) is 3.20. The monoisotopic (exact) mass is 400 g/mol. The molecule has 0 aliphatic rings. The third-order valence-electron chi connectivity index (χ3n) is 4.03. The summed E-state index contributed by atoms with van der Waals surface area (Å²) >= 11 is 0.